The largest absolute Gasteiger partial charge is 0.386 e. The first kappa shape index (κ1) is 26.7. The van der Waals surface area contributed by atoms with Gasteiger partial charge in [0.05, 0.1) is 12.2 Å². The van der Waals surface area contributed by atoms with Crippen LogP contribution in [0, 0.1) is 17.6 Å². The monoisotopic (exact) mass is 478 g/mol. The quantitative estimate of drug-likeness (QED) is 0.218. The molecule has 0 spiro atoms. The lowest BCUT2D eigenvalue weighted by Gasteiger charge is -2.29. The Morgan fingerprint density at radius 1 is 0.794 bits per heavy atom. The van der Waals surface area contributed by atoms with E-state index >= 15 is 0 Å². The van der Waals surface area contributed by atoms with E-state index in [2.05, 4.69) is 13.8 Å². The van der Waals surface area contributed by atoms with E-state index < -0.39 is 23.3 Å². The van der Waals surface area contributed by atoms with Gasteiger partial charge >= 0.3 is 6.11 Å². The molecule has 1 nitrogen and oxygen atoms in total. The second-order valence-electron chi connectivity index (χ2n) is 9.73. The van der Waals surface area contributed by atoms with Gasteiger partial charge < -0.3 is 4.74 Å². The van der Waals surface area contributed by atoms with Crippen LogP contribution in [0.2, 0.25) is 0 Å². The molecular weight excluding hydrogens is 440 g/mol. The summed E-state index contributed by atoms with van der Waals surface area (Å²) in [5, 5.41) is 0. The standard InChI is InChI=1S/C29H38F4O/c1-3-5-6-8-22-9-11-23(12-10-22)19-20-34-29(32,33)26-18-17-25(27(30)28(26)31)24-15-13-21(7-4-2)14-16-24/h9-12,17-18,21,24H,3-8,13-16,19-20H2,1-2H3/t21-,24-. The maximum Gasteiger partial charge on any atom is 0.386 e. The highest BCUT2D eigenvalue weighted by molar-refractivity contribution is 5.31. The Hall–Kier alpha value is -1.88. The van der Waals surface area contributed by atoms with Crippen molar-refractivity contribution in [3.05, 3.63) is 70.3 Å². The molecule has 0 atom stereocenters. The van der Waals surface area contributed by atoms with Gasteiger partial charge in [0.1, 0.15) is 0 Å². The minimum atomic E-state index is -3.89. The van der Waals surface area contributed by atoms with Crippen LogP contribution < -0.4 is 0 Å². The Bertz CT molecular complexity index is 886. The number of hydrogen-bond donors (Lipinski definition) is 0. The number of alkyl halides is 2. The zero-order valence-corrected chi connectivity index (χ0v) is 20.5. The van der Waals surface area contributed by atoms with Crippen LogP contribution in [0.1, 0.15) is 99.8 Å². The molecule has 188 valence electrons. The first-order valence-corrected chi connectivity index (χ1v) is 12.9. The molecule has 1 aliphatic carbocycles. The molecule has 1 fully saturated rings. The number of aryl methyl sites for hydroxylation is 1. The van der Waals surface area contributed by atoms with Crippen molar-refractivity contribution in [2.24, 2.45) is 5.92 Å². The van der Waals surface area contributed by atoms with Gasteiger partial charge in [-0.2, -0.15) is 8.78 Å². The summed E-state index contributed by atoms with van der Waals surface area (Å²) in [6, 6.07) is 10.2. The molecule has 0 bridgehead atoms. The van der Waals surface area contributed by atoms with Crippen molar-refractivity contribution in [1.29, 1.82) is 0 Å². The van der Waals surface area contributed by atoms with E-state index in [-0.39, 0.29) is 24.5 Å². The third-order valence-electron chi connectivity index (χ3n) is 7.18. The van der Waals surface area contributed by atoms with E-state index in [0.717, 1.165) is 69.4 Å². The number of unbranched alkanes of at least 4 members (excludes halogenated alkanes) is 2. The van der Waals surface area contributed by atoms with E-state index in [1.807, 2.05) is 24.3 Å². The summed E-state index contributed by atoms with van der Waals surface area (Å²) in [6.45, 7) is 4.02. The maximum absolute atomic E-state index is 14.8. The summed E-state index contributed by atoms with van der Waals surface area (Å²) in [7, 11) is 0. The summed E-state index contributed by atoms with van der Waals surface area (Å²) in [6.07, 6.45) is 6.61. The lowest BCUT2D eigenvalue weighted by molar-refractivity contribution is -0.249. The molecule has 2 aromatic rings. The van der Waals surface area contributed by atoms with Crippen LogP contribution in [-0.2, 0) is 23.7 Å². The van der Waals surface area contributed by atoms with E-state index in [4.69, 9.17) is 4.74 Å². The molecule has 0 unspecified atom stereocenters. The van der Waals surface area contributed by atoms with Gasteiger partial charge in [-0.1, -0.05) is 69.9 Å². The van der Waals surface area contributed by atoms with Gasteiger partial charge in [-0.05, 0) is 79.5 Å². The maximum atomic E-state index is 14.8. The van der Waals surface area contributed by atoms with E-state index in [1.54, 1.807) is 0 Å². The molecule has 3 rings (SSSR count). The lowest BCUT2D eigenvalue weighted by Crippen LogP contribution is -2.23. The Kier molecular flexibility index (Phi) is 9.99. The molecule has 0 aliphatic heterocycles. The number of hydrogen-bond acceptors (Lipinski definition) is 1. The Labute approximate surface area is 201 Å². The van der Waals surface area contributed by atoms with E-state index in [1.165, 1.54) is 18.1 Å². The average molecular weight is 479 g/mol. The number of benzene rings is 2. The lowest BCUT2D eigenvalue weighted by atomic mass is 9.77. The SMILES string of the molecule is CCCCCc1ccc(CCOC(F)(F)c2ccc([C@H]3CC[C@H](CCC)CC3)c(F)c2F)cc1. The molecule has 1 saturated carbocycles. The minimum absolute atomic E-state index is 0.115. The van der Waals surface area contributed by atoms with Crippen LogP contribution in [0.3, 0.4) is 0 Å². The van der Waals surface area contributed by atoms with Crippen LogP contribution in [0.4, 0.5) is 17.6 Å². The minimum Gasteiger partial charge on any atom is -0.316 e. The number of rotatable bonds is 12. The summed E-state index contributed by atoms with van der Waals surface area (Å²) in [4.78, 5) is 0. The van der Waals surface area contributed by atoms with Crippen LogP contribution in [0.15, 0.2) is 36.4 Å². The predicted molar refractivity (Wildman–Crippen MR) is 129 cm³/mol. The van der Waals surface area contributed by atoms with Gasteiger partial charge in [-0.15, -0.1) is 0 Å². The molecule has 0 heterocycles. The number of ether oxygens (including phenoxy) is 1. The van der Waals surface area contributed by atoms with Crippen LogP contribution in [0.5, 0.6) is 0 Å². The van der Waals surface area contributed by atoms with Crippen molar-refractivity contribution < 1.29 is 22.3 Å². The van der Waals surface area contributed by atoms with E-state index in [9.17, 15) is 17.6 Å². The fraction of sp³-hybridized carbons (Fsp3) is 0.586. The molecule has 0 N–H and O–H groups in total. The molecule has 0 amide bonds. The van der Waals surface area contributed by atoms with E-state index in [0.29, 0.717) is 5.92 Å². The highest BCUT2D eigenvalue weighted by atomic mass is 19.3. The van der Waals surface area contributed by atoms with Gasteiger partial charge in [0, 0.05) is 0 Å². The molecule has 2 aromatic carbocycles. The molecular formula is C29H38F4O. The van der Waals surface area contributed by atoms with Crippen molar-refractivity contribution >= 4 is 0 Å². The van der Waals surface area contributed by atoms with Crippen LogP contribution in [0.25, 0.3) is 0 Å². The third-order valence-corrected chi connectivity index (χ3v) is 7.18. The molecule has 5 heteroatoms. The zero-order chi connectivity index (χ0) is 24.6. The first-order chi connectivity index (χ1) is 16.4. The van der Waals surface area contributed by atoms with Crippen molar-refractivity contribution in [3.63, 3.8) is 0 Å². The summed E-state index contributed by atoms with van der Waals surface area (Å²) in [5.74, 6) is -2.13. The number of halogens is 4. The molecule has 0 saturated heterocycles. The third kappa shape index (κ3) is 7.07. The smallest absolute Gasteiger partial charge is 0.316 e. The Morgan fingerprint density at radius 3 is 2.06 bits per heavy atom. The second kappa shape index (κ2) is 12.7. The van der Waals surface area contributed by atoms with Crippen molar-refractivity contribution in [3.8, 4) is 0 Å². The summed E-state index contributed by atoms with van der Waals surface area (Å²) < 4.78 is 63.5. The average Bonchev–Trinajstić information content (AvgIpc) is 2.82. The van der Waals surface area contributed by atoms with Crippen molar-refractivity contribution in [2.75, 3.05) is 6.61 Å². The molecule has 34 heavy (non-hydrogen) atoms. The highest BCUT2D eigenvalue weighted by Crippen LogP contribution is 2.41. The van der Waals surface area contributed by atoms with Crippen LogP contribution >= 0.6 is 0 Å². The van der Waals surface area contributed by atoms with Gasteiger partial charge in [0.2, 0.25) is 0 Å². The Morgan fingerprint density at radius 2 is 1.44 bits per heavy atom. The zero-order valence-electron chi connectivity index (χ0n) is 20.5. The van der Waals surface area contributed by atoms with Gasteiger partial charge in [0.25, 0.3) is 0 Å². The summed E-state index contributed by atoms with van der Waals surface area (Å²) in [5.41, 5.74) is 1.28. The van der Waals surface area contributed by atoms with Crippen LogP contribution in [-0.4, -0.2) is 6.61 Å². The normalized spacial score (nSPS) is 18.9. The van der Waals surface area contributed by atoms with Crippen molar-refractivity contribution in [2.45, 2.75) is 96.5 Å². The summed E-state index contributed by atoms with van der Waals surface area (Å²) >= 11 is 0. The highest BCUT2D eigenvalue weighted by Gasteiger charge is 2.38. The topological polar surface area (TPSA) is 9.23 Å². The van der Waals surface area contributed by atoms with Gasteiger partial charge in [0.15, 0.2) is 11.6 Å². The second-order valence-corrected chi connectivity index (χ2v) is 9.73. The Balaban J connectivity index is 1.57. The first-order valence-electron chi connectivity index (χ1n) is 12.9. The van der Waals surface area contributed by atoms with Crippen molar-refractivity contribution in [1.82, 2.24) is 0 Å². The molecule has 1 aliphatic rings. The van der Waals surface area contributed by atoms with Gasteiger partial charge in [-0.3, -0.25) is 0 Å². The fourth-order valence-electron chi connectivity index (χ4n) is 5.10. The fourth-order valence-corrected chi connectivity index (χ4v) is 5.10. The molecule has 0 radical (unpaired) electrons. The van der Waals surface area contributed by atoms with Gasteiger partial charge in [-0.25, -0.2) is 8.78 Å². The predicted octanol–water partition coefficient (Wildman–Crippen LogP) is 9.08. The molecule has 0 aromatic heterocycles.